The Bertz CT molecular complexity index is 947. The zero-order valence-electron chi connectivity index (χ0n) is 18.1. The van der Waals surface area contributed by atoms with Gasteiger partial charge in [0.1, 0.15) is 0 Å². The van der Waals surface area contributed by atoms with Crippen molar-refractivity contribution in [3.63, 3.8) is 0 Å². The molecule has 0 unspecified atom stereocenters. The number of piperidine rings is 1. The van der Waals surface area contributed by atoms with Crippen molar-refractivity contribution in [3.05, 3.63) is 53.1 Å². The molecule has 7 heteroatoms. The highest BCUT2D eigenvalue weighted by Gasteiger charge is 2.26. The highest BCUT2D eigenvalue weighted by atomic mass is 16.7. The van der Waals surface area contributed by atoms with E-state index in [4.69, 9.17) is 9.47 Å². The minimum Gasteiger partial charge on any atom is -0.454 e. The molecule has 164 valence electrons. The van der Waals surface area contributed by atoms with Gasteiger partial charge < -0.3 is 20.1 Å². The zero-order valence-corrected chi connectivity index (χ0v) is 18.1. The number of ether oxygens (including phenoxy) is 2. The second-order valence-electron chi connectivity index (χ2n) is 8.38. The second-order valence-corrected chi connectivity index (χ2v) is 8.38. The fourth-order valence-corrected chi connectivity index (χ4v) is 4.19. The van der Waals surface area contributed by atoms with Crippen LogP contribution < -0.4 is 20.1 Å². The average Bonchev–Trinajstić information content (AvgIpc) is 3.19. The number of rotatable bonds is 6. The van der Waals surface area contributed by atoms with Crippen LogP contribution in [0.15, 0.2) is 36.4 Å². The first-order chi connectivity index (χ1) is 15.0. The van der Waals surface area contributed by atoms with Gasteiger partial charge in [-0.1, -0.05) is 12.1 Å². The summed E-state index contributed by atoms with van der Waals surface area (Å²) in [5, 5.41) is 6.01. The molecule has 0 radical (unpaired) electrons. The first-order valence-electron chi connectivity index (χ1n) is 10.7. The van der Waals surface area contributed by atoms with E-state index in [1.165, 1.54) is 0 Å². The lowest BCUT2D eigenvalue weighted by molar-refractivity contribution is -0.126. The van der Waals surface area contributed by atoms with Crippen LogP contribution in [0.1, 0.15) is 29.5 Å². The van der Waals surface area contributed by atoms with E-state index in [9.17, 15) is 9.59 Å². The second kappa shape index (κ2) is 9.39. The molecule has 0 bridgehead atoms. The van der Waals surface area contributed by atoms with Gasteiger partial charge in [-0.3, -0.25) is 14.5 Å². The van der Waals surface area contributed by atoms with Crippen molar-refractivity contribution in [1.29, 1.82) is 0 Å². The molecule has 2 heterocycles. The molecular formula is C24H29N3O4. The topological polar surface area (TPSA) is 79.9 Å². The van der Waals surface area contributed by atoms with Gasteiger partial charge in [-0.05, 0) is 80.7 Å². The summed E-state index contributed by atoms with van der Waals surface area (Å²) in [5.74, 6) is 1.49. The molecule has 0 atom stereocenters. The van der Waals surface area contributed by atoms with Crippen LogP contribution in [0.4, 0.5) is 5.69 Å². The van der Waals surface area contributed by atoms with E-state index in [1.807, 2.05) is 44.2 Å². The fourth-order valence-electron chi connectivity index (χ4n) is 4.19. The predicted molar refractivity (Wildman–Crippen MR) is 118 cm³/mol. The summed E-state index contributed by atoms with van der Waals surface area (Å²) in [6.45, 7) is 6.57. The molecule has 1 fully saturated rings. The number of benzene rings is 2. The lowest BCUT2D eigenvalue weighted by Gasteiger charge is -2.30. The van der Waals surface area contributed by atoms with Crippen molar-refractivity contribution in [3.8, 4) is 11.5 Å². The van der Waals surface area contributed by atoms with Crippen LogP contribution >= 0.6 is 0 Å². The number of nitrogens with zero attached hydrogens (tertiary/aromatic N) is 1. The molecule has 2 aromatic carbocycles. The van der Waals surface area contributed by atoms with Gasteiger partial charge in [-0.25, -0.2) is 0 Å². The minimum atomic E-state index is -0.0206. The van der Waals surface area contributed by atoms with Crippen LogP contribution in [-0.2, 0) is 16.1 Å². The molecule has 0 aliphatic carbocycles. The first-order valence-corrected chi connectivity index (χ1v) is 10.7. The Morgan fingerprint density at radius 1 is 1.00 bits per heavy atom. The van der Waals surface area contributed by atoms with E-state index in [2.05, 4.69) is 21.6 Å². The number of hydrogen-bond donors (Lipinski definition) is 2. The molecular weight excluding hydrogens is 394 g/mol. The number of carbonyl (C=O) groups is 2. The predicted octanol–water partition coefficient (Wildman–Crippen LogP) is 3.00. The van der Waals surface area contributed by atoms with Crippen molar-refractivity contribution in [1.82, 2.24) is 10.2 Å². The van der Waals surface area contributed by atoms with Crippen LogP contribution in [0.2, 0.25) is 0 Å². The lowest BCUT2D eigenvalue weighted by atomic mass is 9.96. The standard InChI is InChI=1S/C24H29N3O4/c1-16-9-17(2)11-20(10-16)26-23(28)14-27-7-5-19(6-8-27)24(29)25-13-18-3-4-21-22(12-18)31-15-30-21/h3-4,9-12,19H,5-8,13-15H2,1-2H3,(H,25,29)(H,26,28). The number of aryl methyl sites for hydroxylation is 2. The van der Waals surface area contributed by atoms with Crippen LogP contribution in [0.25, 0.3) is 0 Å². The Hall–Kier alpha value is -3.06. The fraction of sp³-hybridized carbons (Fsp3) is 0.417. The summed E-state index contributed by atoms with van der Waals surface area (Å²) in [4.78, 5) is 27.1. The Labute approximate surface area is 182 Å². The van der Waals surface area contributed by atoms with Crippen molar-refractivity contribution in [2.45, 2.75) is 33.2 Å². The summed E-state index contributed by atoms with van der Waals surface area (Å²) in [6, 6.07) is 11.7. The van der Waals surface area contributed by atoms with Crippen LogP contribution in [0.5, 0.6) is 11.5 Å². The molecule has 2 aliphatic heterocycles. The molecule has 0 saturated carbocycles. The number of hydrogen-bond acceptors (Lipinski definition) is 5. The third-order valence-corrected chi connectivity index (χ3v) is 5.73. The number of fused-ring (bicyclic) bond motifs is 1. The van der Waals surface area contributed by atoms with Gasteiger partial charge in [0.15, 0.2) is 11.5 Å². The van der Waals surface area contributed by atoms with Gasteiger partial charge in [0.05, 0.1) is 6.54 Å². The maximum Gasteiger partial charge on any atom is 0.238 e. The van der Waals surface area contributed by atoms with Crippen molar-refractivity contribution < 1.29 is 19.1 Å². The van der Waals surface area contributed by atoms with Crippen LogP contribution in [0, 0.1) is 19.8 Å². The molecule has 2 amide bonds. The summed E-state index contributed by atoms with van der Waals surface area (Å²) in [5.41, 5.74) is 4.07. The largest absolute Gasteiger partial charge is 0.454 e. The Balaban J connectivity index is 1.20. The van der Waals surface area contributed by atoms with Gasteiger partial charge in [0.2, 0.25) is 18.6 Å². The average molecular weight is 424 g/mol. The summed E-state index contributed by atoms with van der Waals surface area (Å²) in [6.07, 6.45) is 1.51. The van der Waals surface area contributed by atoms with Crippen LogP contribution in [-0.4, -0.2) is 43.1 Å². The number of anilines is 1. The number of nitrogens with one attached hydrogen (secondary N) is 2. The third kappa shape index (κ3) is 5.55. The molecule has 7 nitrogen and oxygen atoms in total. The summed E-state index contributed by atoms with van der Waals surface area (Å²) in [7, 11) is 0. The Morgan fingerprint density at radius 3 is 2.45 bits per heavy atom. The lowest BCUT2D eigenvalue weighted by Crippen LogP contribution is -2.43. The van der Waals surface area contributed by atoms with E-state index in [0.29, 0.717) is 13.1 Å². The summed E-state index contributed by atoms with van der Waals surface area (Å²) < 4.78 is 10.7. The zero-order chi connectivity index (χ0) is 21.8. The quantitative estimate of drug-likeness (QED) is 0.747. The highest BCUT2D eigenvalue weighted by Crippen LogP contribution is 2.32. The van der Waals surface area contributed by atoms with Crippen LogP contribution in [0.3, 0.4) is 0 Å². The molecule has 0 spiro atoms. The van der Waals surface area contributed by atoms with E-state index in [1.54, 1.807) is 0 Å². The minimum absolute atomic E-state index is 0.0179. The first kappa shape index (κ1) is 21.2. The summed E-state index contributed by atoms with van der Waals surface area (Å²) >= 11 is 0. The number of likely N-dealkylation sites (tertiary alicyclic amines) is 1. The molecule has 2 aromatic rings. The smallest absolute Gasteiger partial charge is 0.238 e. The van der Waals surface area contributed by atoms with E-state index < -0.39 is 0 Å². The maximum atomic E-state index is 12.6. The molecule has 2 N–H and O–H groups in total. The van der Waals surface area contributed by atoms with E-state index >= 15 is 0 Å². The van der Waals surface area contributed by atoms with Gasteiger partial charge in [0, 0.05) is 18.2 Å². The van der Waals surface area contributed by atoms with Gasteiger partial charge >= 0.3 is 0 Å². The van der Waals surface area contributed by atoms with Crippen molar-refractivity contribution in [2.75, 3.05) is 31.7 Å². The molecule has 31 heavy (non-hydrogen) atoms. The highest BCUT2D eigenvalue weighted by molar-refractivity contribution is 5.92. The Kier molecular flexibility index (Phi) is 6.42. The van der Waals surface area contributed by atoms with E-state index in [0.717, 1.165) is 59.8 Å². The van der Waals surface area contributed by atoms with Crippen molar-refractivity contribution >= 4 is 17.5 Å². The van der Waals surface area contributed by atoms with E-state index in [-0.39, 0.29) is 24.5 Å². The Morgan fingerprint density at radius 2 is 1.71 bits per heavy atom. The molecule has 4 rings (SSSR count). The van der Waals surface area contributed by atoms with Crippen molar-refractivity contribution in [2.24, 2.45) is 5.92 Å². The SMILES string of the molecule is Cc1cc(C)cc(NC(=O)CN2CCC(C(=O)NCc3ccc4c(c3)OCO4)CC2)c1. The van der Waals surface area contributed by atoms with Gasteiger partial charge in [-0.2, -0.15) is 0 Å². The number of amides is 2. The normalized spacial score (nSPS) is 16.2. The van der Waals surface area contributed by atoms with Gasteiger partial charge in [0.25, 0.3) is 0 Å². The molecule has 0 aromatic heterocycles. The van der Waals surface area contributed by atoms with Gasteiger partial charge in [-0.15, -0.1) is 0 Å². The monoisotopic (exact) mass is 423 g/mol. The number of carbonyl (C=O) groups excluding carboxylic acids is 2. The third-order valence-electron chi connectivity index (χ3n) is 5.73. The molecule has 1 saturated heterocycles. The molecule has 2 aliphatic rings. The maximum absolute atomic E-state index is 12.6.